The topological polar surface area (TPSA) is 85.2 Å². The molecule has 2 aliphatic heterocycles. The number of carbonyl (C=O) groups is 2. The van der Waals surface area contributed by atoms with E-state index in [1.807, 2.05) is 18.2 Å². The van der Waals surface area contributed by atoms with Gasteiger partial charge < -0.3 is 5.32 Å². The molecule has 2 amide bonds. The molecular weight excluding hydrogens is 364 g/mol. The van der Waals surface area contributed by atoms with E-state index in [0.29, 0.717) is 22.3 Å². The molecule has 2 heterocycles. The lowest BCUT2D eigenvalue weighted by atomic mass is 9.94. The van der Waals surface area contributed by atoms with Gasteiger partial charge in [-0.15, -0.1) is 0 Å². The average molecular weight is 386 g/mol. The molecule has 6 nitrogen and oxygen atoms in total. The normalized spacial score (nSPS) is 18.1. The molecule has 2 aromatic carbocycles. The molecule has 4 rings (SSSR count). The van der Waals surface area contributed by atoms with Crippen molar-refractivity contribution < 1.29 is 9.59 Å². The van der Waals surface area contributed by atoms with Gasteiger partial charge in [-0.2, -0.15) is 5.26 Å². The van der Waals surface area contributed by atoms with Crippen molar-refractivity contribution in [1.29, 1.82) is 5.26 Å². The third-order valence-electron chi connectivity index (χ3n) is 5.35. The van der Waals surface area contributed by atoms with Crippen LogP contribution < -0.4 is 10.6 Å². The number of benzene rings is 2. The number of nitriles is 1. The first-order chi connectivity index (χ1) is 14.1. The Labute approximate surface area is 169 Å². The maximum absolute atomic E-state index is 12.3. The van der Waals surface area contributed by atoms with Gasteiger partial charge >= 0.3 is 0 Å². The summed E-state index contributed by atoms with van der Waals surface area (Å²) in [5.74, 6) is -0.930. The molecule has 0 bridgehead atoms. The first-order valence-corrected chi connectivity index (χ1v) is 9.82. The lowest BCUT2D eigenvalue weighted by molar-refractivity contribution is -0.114. The van der Waals surface area contributed by atoms with Gasteiger partial charge in [0.25, 0.3) is 11.8 Å². The van der Waals surface area contributed by atoms with Crippen LogP contribution in [-0.4, -0.2) is 29.8 Å². The van der Waals surface area contributed by atoms with Gasteiger partial charge in [0.05, 0.1) is 17.2 Å². The smallest absolute Gasteiger partial charge is 0.260 e. The molecule has 2 aromatic rings. The van der Waals surface area contributed by atoms with E-state index in [2.05, 4.69) is 27.7 Å². The summed E-state index contributed by atoms with van der Waals surface area (Å²) in [6.07, 6.45) is 5.45. The van der Waals surface area contributed by atoms with E-state index >= 15 is 0 Å². The number of nitrogens with one attached hydrogen (secondary N) is 2. The van der Waals surface area contributed by atoms with Crippen LogP contribution in [0.4, 0.5) is 5.69 Å². The summed E-state index contributed by atoms with van der Waals surface area (Å²) in [5, 5.41) is 14.6. The van der Waals surface area contributed by atoms with Gasteiger partial charge in [0.1, 0.15) is 0 Å². The second kappa shape index (κ2) is 8.29. The van der Waals surface area contributed by atoms with Gasteiger partial charge in [-0.05, 0) is 61.8 Å². The number of nitrogens with zero attached hydrogens (tertiary/aromatic N) is 2. The quantitative estimate of drug-likeness (QED) is 0.622. The minimum atomic E-state index is -0.480. The minimum absolute atomic E-state index is 0.328. The Morgan fingerprint density at radius 3 is 2.48 bits per heavy atom. The maximum atomic E-state index is 12.3. The molecule has 0 aliphatic carbocycles. The third kappa shape index (κ3) is 4.20. The Morgan fingerprint density at radius 1 is 1.00 bits per heavy atom. The van der Waals surface area contributed by atoms with Crippen molar-refractivity contribution in [1.82, 2.24) is 10.2 Å². The fourth-order valence-corrected chi connectivity index (χ4v) is 3.78. The second-order valence-corrected chi connectivity index (χ2v) is 7.39. The van der Waals surface area contributed by atoms with E-state index in [4.69, 9.17) is 5.26 Å². The van der Waals surface area contributed by atoms with Crippen molar-refractivity contribution >= 4 is 23.1 Å². The Morgan fingerprint density at radius 2 is 1.76 bits per heavy atom. The zero-order valence-electron chi connectivity index (χ0n) is 16.1. The summed E-state index contributed by atoms with van der Waals surface area (Å²) in [6, 6.07) is 14.9. The molecule has 1 saturated heterocycles. The van der Waals surface area contributed by atoms with E-state index in [9.17, 15) is 9.59 Å². The number of carbonyl (C=O) groups excluding carboxylic acids is 2. The summed E-state index contributed by atoms with van der Waals surface area (Å²) in [6.45, 7) is 3.27. The number of imide groups is 1. The van der Waals surface area contributed by atoms with Crippen molar-refractivity contribution in [2.75, 3.05) is 18.4 Å². The molecule has 0 unspecified atom stereocenters. The van der Waals surface area contributed by atoms with Crippen LogP contribution in [0, 0.1) is 11.3 Å². The SMILES string of the molecule is N#Cc1ccc2c(c1)/C(=C/Nc1ccc(CN3CCCCC3)cc1)C(=O)NC2=O. The van der Waals surface area contributed by atoms with Crippen LogP contribution in [0.5, 0.6) is 0 Å². The number of hydrogen-bond donors (Lipinski definition) is 2. The average Bonchev–Trinajstić information content (AvgIpc) is 2.75. The highest BCUT2D eigenvalue weighted by Gasteiger charge is 2.27. The van der Waals surface area contributed by atoms with Crippen LogP contribution >= 0.6 is 0 Å². The third-order valence-corrected chi connectivity index (χ3v) is 5.35. The van der Waals surface area contributed by atoms with Crippen LogP contribution in [0.3, 0.4) is 0 Å². The minimum Gasteiger partial charge on any atom is -0.361 e. The number of piperidine rings is 1. The van der Waals surface area contributed by atoms with Crippen LogP contribution in [0.15, 0.2) is 48.7 Å². The van der Waals surface area contributed by atoms with Crippen molar-refractivity contribution in [2.24, 2.45) is 0 Å². The Hall–Kier alpha value is -3.43. The largest absolute Gasteiger partial charge is 0.361 e. The van der Waals surface area contributed by atoms with Gasteiger partial charge in [-0.3, -0.25) is 19.8 Å². The Kier molecular flexibility index (Phi) is 5.41. The van der Waals surface area contributed by atoms with Gasteiger partial charge in [-0.25, -0.2) is 0 Å². The summed E-state index contributed by atoms with van der Waals surface area (Å²) >= 11 is 0. The van der Waals surface area contributed by atoms with E-state index in [-0.39, 0.29) is 0 Å². The molecule has 1 fully saturated rings. The summed E-state index contributed by atoms with van der Waals surface area (Å²) in [5.41, 5.74) is 3.69. The van der Waals surface area contributed by atoms with Crippen LogP contribution in [0.2, 0.25) is 0 Å². The van der Waals surface area contributed by atoms with Crippen molar-refractivity contribution in [3.05, 3.63) is 70.9 Å². The molecule has 146 valence electrons. The zero-order chi connectivity index (χ0) is 20.2. The van der Waals surface area contributed by atoms with Crippen LogP contribution in [-0.2, 0) is 11.3 Å². The van der Waals surface area contributed by atoms with E-state index in [1.165, 1.54) is 24.8 Å². The molecule has 2 N–H and O–H groups in total. The van der Waals surface area contributed by atoms with Crippen molar-refractivity contribution in [2.45, 2.75) is 25.8 Å². The summed E-state index contributed by atoms with van der Waals surface area (Å²) in [7, 11) is 0. The number of rotatable bonds is 4. The molecule has 0 atom stereocenters. The molecule has 0 spiro atoms. The van der Waals surface area contributed by atoms with Crippen LogP contribution in [0.25, 0.3) is 5.57 Å². The Bertz CT molecular complexity index is 1010. The van der Waals surface area contributed by atoms with E-state index in [0.717, 1.165) is 25.3 Å². The first kappa shape index (κ1) is 18.9. The second-order valence-electron chi connectivity index (χ2n) is 7.39. The van der Waals surface area contributed by atoms with Crippen molar-refractivity contribution in [3.63, 3.8) is 0 Å². The lowest BCUT2D eigenvalue weighted by Gasteiger charge is -2.26. The van der Waals surface area contributed by atoms with E-state index < -0.39 is 11.8 Å². The van der Waals surface area contributed by atoms with Gasteiger partial charge in [-0.1, -0.05) is 18.6 Å². The number of anilines is 1. The van der Waals surface area contributed by atoms with Crippen LogP contribution in [0.1, 0.15) is 46.3 Å². The van der Waals surface area contributed by atoms with Gasteiger partial charge in [0.2, 0.25) is 0 Å². The molecule has 2 aliphatic rings. The fourth-order valence-electron chi connectivity index (χ4n) is 3.78. The number of hydrogen-bond acceptors (Lipinski definition) is 5. The van der Waals surface area contributed by atoms with E-state index in [1.54, 1.807) is 24.4 Å². The molecule has 0 saturated carbocycles. The lowest BCUT2D eigenvalue weighted by Crippen LogP contribution is -2.36. The number of fused-ring (bicyclic) bond motifs is 1. The molecule has 0 aromatic heterocycles. The predicted octanol–water partition coefficient (Wildman–Crippen LogP) is 3.27. The molecule has 29 heavy (non-hydrogen) atoms. The zero-order valence-corrected chi connectivity index (χ0v) is 16.1. The van der Waals surface area contributed by atoms with Crippen molar-refractivity contribution in [3.8, 4) is 6.07 Å². The highest BCUT2D eigenvalue weighted by atomic mass is 16.2. The standard InChI is InChI=1S/C23H22N4O2/c24-13-17-6-9-19-20(12-17)21(23(29)26-22(19)28)14-25-18-7-4-16(5-8-18)15-27-10-2-1-3-11-27/h4-9,12,14,25H,1-3,10-11,15H2,(H,26,28,29)/b21-14-. The van der Waals surface area contributed by atoms with Gasteiger partial charge in [0, 0.05) is 29.6 Å². The molecule has 6 heteroatoms. The van der Waals surface area contributed by atoms with Gasteiger partial charge in [0.15, 0.2) is 0 Å². The first-order valence-electron chi connectivity index (χ1n) is 9.82. The number of likely N-dealkylation sites (tertiary alicyclic amines) is 1. The predicted molar refractivity (Wildman–Crippen MR) is 111 cm³/mol. The highest BCUT2D eigenvalue weighted by Crippen LogP contribution is 2.25. The monoisotopic (exact) mass is 386 g/mol. The molecule has 0 radical (unpaired) electrons. The number of amides is 2. The highest BCUT2D eigenvalue weighted by molar-refractivity contribution is 6.31. The Balaban J connectivity index is 1.51. The fraction of sp³-hybridized carbons (Fsp3) is 0.261. The molecular formula is C23H22N4O2. The maximum Gasteiger partial charge on any atom is 0.260 e. The summed E-state index contributed by atoms with van der Waals surface area (Å²) in [4.78, 5) is 26.9. The summed E-state index contributed by atoms with van der Waals surface area (Å²) < 4.78 is 0.